The van der Waals surface area contributed by atoms with Gasteiger partial charge in [0, 0.05) is 22.2 Å². The minimum Gasteiger partial charge on any atom is -0.495 e. The van der Waals surface area contributed by atoms with Gasteiger partial charge in [0.1, 0.15) is 18.1 Å². The van der Waals surface area contributed by atoms with Gasteiger partial charge in [-0.3, -0.25) is 19.8 Å². The number of ether oxygens (including phenoxy) is 2. The third-order valence-electron chi connectivity index (χ3n) is 4.99. The summed E-state index contributed by atoms with van der Waals surface area (Å²) >= 11 is 16.3. The van der Waals surface area contributed by atoms with Crippen LogP contribution >= 0.6 is 51.5 Å². The molecule has 0 atom stereocenters. The molecule has 0 bridgehead atoms. The first-order valence-electron chi connectivity index (χ1n) is 10.0. The number of benzene rings is 3. The highest BCUT2D eigenvalue weighted by Gasteiger charge is 2.34. The van der Waals surface area contributed by atoms with Gasteiger partial charge in [-0.15, -0.1) is 0 Å². The van der Waals surface area contributed by atoms with Gasteiger partial charge in [-0.2, -0.15) is 0 Å². The molecule has 1 fully saturated rings. The van der Waals surface area contributed by atoms with Crippen molar-refractivity contribution in [2.24, 2.45) is 0 Å². The van der Waals surface area contributed by atoms with Gasteiger partial charge < -0.3 is 9.47 Å². The zero-order valence-corrected chi connectivity index (χ0v) is 22.0. The van der Waals surface area contributed by atoms with E-state index in [1.807, 2.05) is 12.1 Å². The van der Waals surface area contributed by atoms with Gasteiger partial charge in [0.2, 0.25) is 0 Å². The number of carbonyl (C=O) groups is 1. The summed E-state index contributed by atoms with van der Waals surface area (Å²) in [6, 6.07) is 16.6. The average molecular weight is 592 g/mol. The summed E-state index contributed by atoms with van der Waals surface area (Å²) in [7, 11) is 1.52. The Bertz CT molecular complexity index is 1360. The van der Waals surface area contributed by atoms with Crippen LogP contribution in [0.4, 0.5) is 11.4 Å². The fourth-order valence-electron chi connectivity index (χ4n) is 3.26. The van der Waals surface area contributed by atoms with Crippen molar-refractivity contribution in [2.45, 2.75) is 6.61 Å². The lowest BCUT2D eigenvalue weighted by atomic mass is 10.1. The summed E-state index contributed by atoms with van der Waals surface area (Å²) < 4.78 is 12.3. The summed E-state index contributed by atoms with van der Waals surface area (Å²) in [5, 5.41) is 11.2. The van der Waals surface area contributed by atoms with Crippen LogP contribution in [0.15, 0.2) is 70.0 Å². The Labute approximate surface area is 223 Å². The molecule has 0 N–H and O–H groups in total. The smallest absolute Gasteiger partial charge is 0.270 e. The van der Waals surface area contributed by atoms with Crippen molar-refractivity contribution >= 4 is 79.2 Å². The lowest BCUT2D eigenvalue weighted by Gasteiger charge is -2.15. The third-order valence-corrected chi connectivity index (χ3v) is 7.08. The number of nitro groups is 1. The number of thioether (sulfide) groups is 1. The summed E-state index contributed by atoms with van der Waals surface area (Å²) in [4.78, 5) is 25.5. The van der Waals surface area contributed by atoms with Gasteiger partial charge in [0.05, 0.1) is 27.6 Å². The van der Waals surface area contributed by atoms with Crippen molar-refractivity contribution in [1.82, 2.24) is 0 Å². The van der Waals surface area contributed by atoms with E-state index in [9.17, 15) is 14.9 Å². The highest BCUT2D eigenvalue weighted by Crippen LogP contribution is 2.39. The second-order valence-corrected chi connectivity index (χ2v) is 10.2. The van der Waals surface area contributed by atoms with Crippen molar-refractivity contribution in [3.8, 4) is 11.5 Å². The number of methoxy groups -OCH3 is 1. The normalized spacial score (nSPS) is 14.5. The number of amides is 1. The molecule has 35 heavy (non-hydrogen) atoms. The van der Waals surface area contributed by atoms with Crippen molar-refractivity contribution in [3.05, 3.63) is 96.3 Å². The molecule has 0 saturated carbocycles. The molecule has 3 aromatic rings. The Morgan fingerprint density at radius 1 is 1.14 bits per heavy atom. The summed E-state index contributed by atoms with van der Waals surface area (Å²) in [6.45, 7) is 0.200. The Morgan fingerprint density at radius 3 is 2.51 bits per heavy atom. The SMILES string of the molecule is COc1ccc(N2C(=O)/C(=C/c3cc(Br)ccc3OCc3ccc([N+](=O)[O-])cc3)SC2=S)cc1Cl. The maximum absolute atomic E-state index is 13.2. The number of hydrogen-bond donors (Lipinski definition) is 0. The molecule has 0 spiro atoms. The number of non-ortho nitro benzene ring substituents is 1. The van der Waals surface area contributed by atoms with Gasteiger partial charge in [-0.1, -0.05) is 51.5 Å². The molecule has 1 saturated heterocycles. The van der Waals surface area contributed by atoms with E-state index < -0.39 is 4.92 Å². The fourth-order valence-corrected chi connectivity index (χ4v) is 5.19. The van der Waals surface area contributed by atoms with Gasteiger partial charge in [0.25, 0.3) is 11.6 Å². The highest BCUT2D eigenvalue weighted by molar-refractivity contribution is 9.10. The molecule has 0 aliphatic carbocycles. The quantitative estimate of drug-likeness (QED) is 0.127. The number of rotatable bonds is 7. The van der Waals surface area contributed by atoms with Crippen LogP contribution in [0.2, 0.25) is 5.02 Å². The van der Waals surface area contributed by atoms with Crippen LogP contribution in [0, 0.1) is 10.1 Å². The summed E-state index contributed by atoms with van der Waals surface area (Å²) in [6.07, 6.45) is 1.72. The first-order chi connectivity index (χ1) is 16.8. The standard InChI is InChI=1S/C24H16BrClN2O5S2/c1-32-21-9-7-18(12-19(21)26)27-23(29)22(35-24(27)34)11-15-10-16(25)4-8-20(15)33-13-14-2-5-17(6-3-14)28(30)31/h2-12H,13H2,1H3/b22-11-. The zero-order chi connectivity index (χ0) is 25.1. The first kappa shape index (κ1) is 25.2. The fraction of sp³-hybridized carbons (Fsp3) is 0.0833. The molecule has 1 aliphatic rings. The maximum Gasteiger partial charge on any atom is 0.270 e. The molecule has 11 heteroatoms. The monoisotopic (exact) mass is 590 g/mol. The molecule has 0 unspecified atom stereocenters. The second kappa shape index (κ2) is 10.8. The topological polar surface area (TPSA) is 81.9 Å². The van der Waals surface area contributed by atoms with E-state index in [-0.39, 0.29) is 18.2 Å². The maximum atomic E-state index is 13.2. The molecular formula is C24H16BrClN2O5S2. The predicted octanol–water partition coefficient (Wildman–Crippen LogP) is 7.00. The molecule has 178 valence electrons. The Balaban J connectivity index is 1.57. The van der Waals surface area contributed by atoms with E-state index in [1.54, 1.807) is 42.5 Å². The second-order valence-electron chi connectivity index (χ2n) is 7.23. The molecule has 1 heterocycles. The zero-order valence-electron chi connectivity index (χ0n) is 18.1. The van der Waals surface area contributed by atoms with Gasteiger partial charge in [-0.05, 0) is 60.2 Å². The average Bonchev–Trinajstić information content (AvgIpc) is 3.11. The van der Waals surface area contributed by atoms with E-state index in [4.69, 9.17) is 33.3 Å². The van der Waals surface area contributed by atoms with E-state index >= 15 is 0 Å². The summed E-state index contributed by atoms with van der Waals surface area (Å²) in [5.74, 6) is 0.771. The van der Waals surface area contributed by atoms with Gasteiger partial charge >= 0.3 is 0 Å². The largest absolute Gasteiger partial charge is 0.495 e. The molecule has 1 aliphatic heterocycles. The number of nitrogens with zero attached hydrogens (tertiary/aromatic N) is 2. The predicted molar refractivity (Wildman–Crippen MR) is 145 cm³/mol. The van der Waals surface area contributed by atoms with E-state index in [1.165, 1.54) is 35.9 Å². The number of halogens is 2. The highest BCUT2D eigenvalue weighted by atomic mass is 79.9. The summed E-state index contributed by atoms with van der Waals surface area (Å²) in [5.41, 5.74) is 2.01. The first-order valence-corrected chi connectivity index (χ1v) is 12.4. The lowest BCUT2D eigenvalue weighted by molar-refractivity contribution is -0.384. The Kier molecular flexibility index (Phi) is 7.75. The van der Waals surface area contributed by atoms with Crippen molar-refractivity contribution in [3.63, 3.8) is 0 Å². The lowest BCUT2D eigenvalue weighted by Crippen LogP contribution is -2.27. The number of hydrogen-bond acceptors (Lipinski definition) is 7. The van der Waals surface area contributed by atoms with Gasteiger partial charge in [-0.25, -0.2) is 0 Å². The van der Waals surface area contributed by atoms with Crippen LogP contribution < -0.4 is 14.4 Å². The van der Waals surface area contributed by atoms with Crippen LogP contribution in [-0.4, -0.2) is 22.3 Å². The minimum atomic E-state index is -0.451. The number of anilines is 1. The number of nitro benzene ring substituents is 1. The Hall–Kier alpha value is -2.92. The van der Waals surface area contributed by atoms with Crippen LogP contribution in [0.5, 0.6) is 11.5 Å². The number of carbonyl (C=O) groups excluding carboxylic acids is 1. The molecule has 0 aromatic heterocycles. The molecular weight excluding hydrogens is 576 g/mol. The van der Waals surface area contributed by atoms with Crippen molar-refractivity contribution in [1.29, 1.82) is 0 Å². The van der Waals surface area contributed by atoms with Crippen LogP contribution in [0.1, 0.15) is 11.1 Å². The molecule has 7 nitrogen and oxygen atoms in total. The number of thiocarbonyl (C=S) groups is 1. The molecule has 4 rings (SSSR count). The minimum absolute atomic E-state index is 0.0123. The van der Waals surface area contributed by atoms with E-state index in [2.05, 4.69) is 15.9 Å². The van der Waals surface area contributed by atoms with Crippen molar-refractivity contribution < 1.29 is 19.2 Å². The van der Waals surface area contributed by atoms with Gasteiger partial charge in [0.15, 0.2) is 4.32 Å². The molecule has 1 amide bonds. The Morgan fingerprint density at radius 2 is 1.86 bits per heavy atom. The van der Waals surface area contributed by atoms with Crippen molar-refractivity contribution in [2.75, 3.05) is 12.0 Å². The van der Waals surface area contributed by atoms with Crippen LogP contribution in [-0.2, 0) is 11.4 Å². The van der Waals surface area contributed by atoms with Crippen LogP contribution in [0.3, 0.4) is 0 Å². The molecule has 3 aromatic carbocycles. The molecule has 0 radical (unpaired) electrons. The van der Waals surface area contributed by atoms with E-state index in [0.717, 1.165) is 10.0 Å². The van der Waals surface area contributed by atoms with Crippen LogP contribution in [0.25, 0.3) is 6.08 Å². The third kappa shape index (κ3) is 5.67. The van der Waals surface area contributed by atoms with E-state index in [0.29, 0.717) is 37.0 Å².